The molecule has 1 atom stereocenters. The van der Waals surface area contributed by atoms with Crippen LogP contribution in [0, 0.1) is 0 Å². The van der Waals surface area contributed by atoms with Gasteiger partial charge in [0.05, 0.1) is 6.54 Å². The van der Waals surface area contributed by atoms with Gasteiger partial charge in [-0.1, -0.05) is 31.0 Å². The molecule has 1 fully saturated rings. The molecule has 2 aromatic rings. The van der Waals surface area contributed by atoms with E-state index in [4.69, 9.17) is 9.47 Å². The van der Waals surface area contributed by atoms with Crippen molar-refractivity contribution in [1.29, 1.82) is 0 Å². The summed E-state index contributed by atoms with van der Waals surface area (Å²) in [6, 6.07) is 10.9. The van der Waals surface area contributed by atoms with E-state index in [2.05, 4.69) is 15.7 Å². The van der Waals surface area contributed by atoms with Gasteiger partial charge in [-0.3, -0.25) is 14.9 Å². The van der Waals surface area contributed by atoms with Crippen LogP contribution >= 0.6 is 0 Å². The van der Waals surface area contributed by atoms with Crippen molar-refractivity contribution >= 4 is 17.9 Å². The Morgan fingerprint density at radius 2 is 1.84 bits per heavy atom. The second-order valence-corrected chi connectivity index (χ2v) is 7.43. The summed E-state index contributed by atoms with van der Waals surface area (Å²) in [6.45, 7) is 1.64. The molecule has 0 aliphatic heterocycles. The normalized spacial score (nSPS) is 14.4. The number of ether oxygens (including phenoxy) is 2. The molecule has 170 valence electrons. The van der Waals surface area contributed by atoms with Crippen LogP contribution in [0.4, 0.5) is 4.79 Å². The molecule has 1 aromatic heterocycles. The molecule has 3 amide bonds. The average molecular weight is 442 g/mol. The van der Waals surface area contributed by atoms with Gasteiger partial charge in [-0.05, 0) is 38.0 Å². The van der Waals surface area contributed by atoms with Crippen LogP contribution in [0.5, 0.6) is 5.75 Å². The number of carbonyl (C=O) groups is 3. The summed E-state index contributed by atoms with van der Waals surface area (Å²) in [6.07, 6.45) is 2.62. The zero-order chi connectivity index (χ0) is 22.9. The van der Waals surface area contributed by atoms with Gasteiger partial charge in [-0.2, -0.15) is 5.10 Å². The highest BCUT2D eigenvalue weighted by Gasteiger charge is 2.24. The second-order valence-electron chi connectivity index (χ2n) is 7.43. The summed E-state index contributed by atoms with van der Waals surface area (Å²) >= 11 is 0. The second kappa shape index (κ2) is 11.1. The fraction of sp³-hybridized carbons (Fsp3) is 0.409. The first-order chi connectivity index (χ1) is 15.4. The molecule has 32 heavy (non-hydrogen) atoms. The summed E-state index contributed by atoms with van der Waals surface area (Å²) < 4.78 is 11.7. The Hall–Kier alpha value is -3.69. The summed E-state index contributed by atoms with van der Waals surface area (Å²) in [5.74, 6) is -0.993. The quantitative estimate of drug-likeness (QED) is 0.595. The number of carbonyl (C=O) groups excluding carboxylic acids is 3. The minimum Gasteiger partial charge on any atom is -0.492 e. The molecule has 10 nitrogen and oxygen atoms in total. The van der Waals surface area contributed by atoms with E-state index in [1.165, 1.54) is 19.1 Å². The van der Waals surface area contributed by atoms with E-state index in [0.717, 1.165) is 30.4 Å². The lowest BCUT2D eigenvalue weighted by Gasteiger charge is -2.15. The molecule has 10 heteroatoms. The molecular formula is C22H26N4O6. The molecular weight excluding hydrogens is 416 g/mol. The van der Waals surface area contributed by atoms with Crippen LogP contribution in [0.3, 0.4) is 0 Å². The number of hydrogen-bond donors (Lipinski definition) is 2. The van der Waals surface area contributed by atoms with Crippen molar-refractivity contribution in [2.45, 2.75) is 51.3 Å². The van der Waals surface area contributed by atoms with Crippen LogP contribution in [-0.4, -0.2) is 46.4 Å². The standard InChI is InChI=1S/C22H26N4O6/c1-15(20(28)24-22(30)23-16-7-5-6-8-16)32-21(29)18-11-12-19(27)26(25-18)13-14-31-17-9-3-2-4-10-17/h2-4,9-12,15-16H,5-8,13-14H2,1H3,(H2,23,24,28,30). The van der Waals surface area contributed by atoms with Crippen LogP contribution in [0.25, 0.3) is 0 Å². The highest BCUT2D eigenvalue weighted by atomic mass is 16.5. The fourth-order valence-electron chi connectivity index (χ4n) is 3.26. The molecule has 1 unspecified atom stereocenters. The number of hydrogen-bond acceptors (Lipinski definition) is 7. The summed E-state index contributed by atoms with van der Waals surface area (Å²) in [4.78, 5) is 48.4. The third-order valence-electron chi connectivity index (χ3n) is 4.97. The maximum atomic E-state index is 12.4. The van der Waals surface area contributed by atoms with Crippen molar-refractivity contribution in [3.05, 3.63) is 58.5 Å². The van der Waals surface area contributed by atoms with Crippen molar-refractivity contribution in [2.24, 2.45) is 0 Å². The monoisotopic (exact) mass is 442 g/mol. The van der Waals surface area contributed by atoms with Gasteiger partial charge in [0, 0.05) is 12.1 Å². The van der Waals surface area contributed by atoms with Crippen LogP contribution in [0.2, 0.25) is 0 Å². The molecule has 1 heterocycles. The molecule has 1 aromatic carbocycles. The first-order valence-corrected chi connectivity index (χ1v) is 10.5. The smallest absolute Gasteiger partial charge is 0.359 e. The van der Waals surface area contributed by atoms with E-state index in [0.29, 0.717) is 5.75 Å². The van der Waals surface area contributed by atoms with Crippen molar-refractivity contribution < 1.29 is 23.9 Å². The molecule has 3 rings (SSSR count). The van der Waals surface area contributed by atoms with Crippen LogP contribution < -0.4 is 20.9 Å². The predicted octanol–water partition coefficient (Wildman–Crippen LogP) is 1.64. The van der Waals surface area contributed by atoms with E-state index in [-0.39, 0.29) is 24.9 Å². The Morgan fingerprint density at radius 1 is 1.12 bits per heavy atom. The Balaban J connectivity index is 1.51. The molecule has 1 aliphatic carbocycles. The lowest BCUT2D eigenvalue weighted by Crippen LogP contribution is -2.47. The van der Waals surface area contributed by atoms with Gasteiger partial charge in [-0.25, -0.2) is 14.3 Å². The number of rotatable bonds is 8. The van der Waals surface area contributed by atoms with E-state index in [1.54, 1.807) is 12.1 Å². The van der Waals surface area contributed by atoms with Crippen molar-refractivity contribution in [3.8, 4) is 5.75 Å². The summed E-state index contributed by atoms with van der Waals surface area (Å²) in [5, 5.41) is 8.87. The minimum absolute atomic E-state index is 0.0526. The van der Waals surface area contributed by atoms with Gasteiger partial charge in [0.2, 0.25) is 0 Å². The molecule has 0 spiro atoms. The molecule has 0 saturated heterocycles. The van der Waals surface area contributed by atoms with Gasteiger partial charge in [-0.15, -0.1) is 0 Å². The Kier molecular flexibility index (Phi) is 7.96. The van der Waals surface area contributed by atoms with Crippen LogP contribution in [0.15, 0.2) is 47.3 Å². The number of benzene rings is 1. The molecule has 2 N–H and O–H groups in total. The van der Waals surface area contributed by atoms with Crippen LogP contribution in [-0.2, 0) is 16.1 Å². The number of nitrogens with zero attached hydrogens (tertiary/aromatic N) is 2. The zero-order valence-electron chi connectivity index (χ0n) is 17.8. The summed E-state index contributed by atoms with van der Waals surface area (Å²) in [7, 11) is 0. The molecule has 0 radical (unpaired) electrons. The van der Waals surface area contributed by atoms with E-state index >= 15 is 0 Å². The number of urea groups is 1. The van der Waals surface area contributed by atoms with E-state index < -0.39 is 29.6 Å². The van der Waals surface area contributed by atoms with Gasteiger partial charge < -0.3 is 14.8 Å². The lowest BCUT2D eigenvalue weighted by molar-refractivity contribution is -0.127. The Bertz CT molecular complexity index is 1000. The third kappa shape index (κ3) is 6.66. The number of aromatic nitrogens is 2. The Morgan fingerprint density at radius 3 is 2.56 bits per heavy atom. The highest BCUT2D eigenvalue weighted by Crippen LogP contribution is 2.17. The fourth-order valence-corrected chi connectivity index (χ4v) is 3.26. The lowest BCUT2D eigenvalue weighted by atomic mass is 10.2. The topological polar surface area (TPSA) is 129 Å². The highest BCUT2D eigenvalue weighted by molar-refractivity contribution is 5.98. The predicted molar refractivity (Wildman–Crippen MR) is 114 cm³/mol. The van der Waals surface area contributed by atoms with Crippen molar-refractivity contribution in [1.82, 2.24) is 20.4 Å². The van der Waals surface area contributed by atoms with E-state index in [1.807, 2.05) is 18.2 Å². The molecule has 1 saturated carbocycles. The first kappa shape index (κ1) is 23.0. The molecule has 0 bridgehead atoms. The number of imide groups is 1. The number of esters is 1. The zero-order valence-corrected chi connectivity index (χ0v) is 17.8. The third-order valence-corrected chi connectivity index (χ3v) is 4.97. The van der Waals surface area contributed by atoms with Gasteiger partial charge in [0.15, 0.2) is 11.8 Å². The van der Waals surface area contributed by atoms with Gasteiger partial charge in [0.25, 0.3) is 11.5 Å². The van der Waals surface area contributed by atoms with E-state index in [9.17, 15) is 19.2 Å². The number of amides is 3. The van der Waals surface area contributed by atoms with Gasteiger partial charge in [0.1, 0.15) is 12.4 Å². The maximum Gasteiger partial charge on any atom is 0.359 e. The molecule has 1 aliphatic rings. The maximum absolute atomic E-state index is 12.4. The largest absolute Gasteiger partial charge is 0.492 e. The Labute approximate surface area is 184 Å². The average Bonchev–Trinajstić information content (AvgIpc) is 3.28. The van der Waals surface area contributed by atoms with Gasteiger partial charge >= 0.3 is 12.0 Å². The first-order valence-electron chi connectivity index (χ1n) is 10.5. The minimum atomic E-state index is -1.22. The number of nitrogens with one attached hydrogen (secondary N) is 2. The SMILES string of the molecule is CC(OC(=O)c1ccc(=O)n(CCOc2ccccc2)n1)C(=O)NC(=O)NC1CCCC1. The van der Waals surface area contributed by atoms with Crippen molar-refractivity contribution in [2.75, 3.05) is 6.61 Å². The summed E-state index contributed by atoms with van der Waals surface area (Å²) in [5.41, 5.74) is -0.549. The van der Waals surface area contributed by atoms with Crippen molar-refractivity contribution in [3.63, 3.8) is 0 Å². The van der Waals surface area contributed by atoms with Crippen LogP contribution in [0.1, 0.15) is 43.1 Å². The number of para-hydroxylation sites is 1.